The van der Waals surface area contributed by atoms with E-state index in [2.05, 4.69) is 22.0 Å². The van der Waals surface area contributed by atoms with Gasteiger partial charge in [-0.3, -0.25) is 4.79 Å². The van der Waals surface area contributed by atoms with Crippen molar-refractivity contribution in [1.29, 1.82) is 0 Å². The number of benzene rings is 2. The number of rotatable bonds is 8. The molecule has 1 saturated carbocycles. The number of hydrogen-bond acceptors (Lipinski definition) is 5. The smallest absolute Gasteiger partial charge is 0.490 e. The van der Waals surface area contributed by atoms with Crippen molar-refractivity contribution in [2.45, 2.75) is 44.3 Å². The summed E-state index contributed by atoms with van der Waals surface area (Å²) in [5.41, 5.74) is 3.57. The third-order valence-electron chi connectivity index (χ3n) is 6.28. The van der Waals surface area contributed by atoms with E-state index in [1.165, 1.54) is 26.0 Å². The molecule has 2 fully saturated rings. The fraction of sp³-hybridized carbons (Fsp3) is 0.462. The number of carbonyl (C=O) groups is 2. The lowest BCUT2D eigenvalue weighted by Crippen LogP contribution is -2.30. The van der Waals surface area contributed by atoms with Crippen LogP contribution in [-0.2, 0) is 11.3 Å². The largest absolute Gasteiger partial charge is 0.494 e. The summed E-state index contributed by atoms with van der Waals surface area (Å²) in [4.78, 5) is 21.9. The third-order valence-corrected chi connectivity index (χ3v) is 6.28. The summed E-state index contributed by atoms with van der Waals surface area (Å²) >= 11 is 0. The van der Waals surface area contributed by atoms with E-state index in [1.807, 2.05) is 18.2 Å². The normalized spacial score (nSPS) is 15.8. The number of carbonyl (C=O) groups excluding carboxylic acids is 1. The molecular weight excluding hydrogens is 494 g/mol. The molecule has 1 aliphatic carbocycles. The monoisotopic (exact) mass is 525 g/mol. The number of aliphatic carboxylic acids is 1. The molecule has 7 nitrogen and oxygen atoms in total. The molecule has 1 aliphatic heterocycles. The van der Waals surface area contributed by atoms with E-state index >= 15 is 0 Å². The Hall–Kier alpha value is -3.34. The van der Waals surface area contributed by atoms with Gasteiger partial charge in [-0.15, -0.1) is 0 Å². The number of halogens is 4. The second-order valence-corrected chi connectivity index (χ2v) is 9.11. The van der Waals surface area contributed by atoms with Crippen LogP contribution in [0, 0.1) is 11.7 Å². The van der Waals surface area contributed by atoms with E-state index in [-0.39, 0.29) is 17.5 Å². The van der Waals surface area contributed by atoms with Crippen LogP contribution in [0.3, 0.4) is 0 Å². The van der Waals surface area contributed by atoms with Crippen LogP contribution in [0.4, 0.5) is 23.2 Å². The molecule has 0 bridgehead atoms. The summed E-state index contributed by atoms with van der Waals surface area (Å²) in [6, 6.07) is 11.0. The van der Waals surface area contributed by atoms with Gasteiger partial charge in [0.25, 0.3) is 5.91 Å². The van der Waals surface area contributed by atoms with Gasteiger partial charge in [0, 0.05) is 24.3 Å². The van der Waals surface area contributed by atoms with Crippen molar-refractivity contribution in [2.75, 3.05) is 32.1 Å². The number of alkyl halides is 3. The maximum Gasteiger partial charge on any atom is 0.490 e. The summed E-state index contributed by atoms with van der Waals surface area (Å²) in [5, 5.41) is 17.0. The molecule has 4 rings (SSSR count). The second-order valence-electron chi connectivity index (χ2n) is 9.11. The van der Waals surface area contributed by atoms with Crippen LogP contribution in [-0.4, -0.2) is 49.9 Å². The molecule has 1 amide bonds. The maximum atomic E-state index is 13.9. The molecule has 0 spiro atoms. The highest BCUT2D eigenvalue weighted by atomic mass is 19.4. The molecule has 11 heteroatoms. The van der Waals surface area contributed by atoms with Crippen LogP contribution in [0.5, 0.6) is 5.75 Å². The van der Waals surface area contributed by atoms with Gasteiger partial charge in [0.05, 0.1) is 7.11 Å². The summed E-state index contributed by atoms with van der Waals surface area (Å²) in [5.74, 6) is -1.85. The maximum absolute atomic E-state index is 13.9. The van der Waals surface area contributed by atoms with Crippen molar-refractivity contribution in [3.05, 3.63) is 58.9 Å². The number of carboxylic acids is 1. The molecule has 202 valence electrons. The highest BCUT2D eigenvalue weighted by Crippen LogP contribution is 2.31. The predicted molar refractivity (Wildman–Crippen MR) is 130 cm³/mol. The van der Waals surface area contributed by atoms with E-state index in [1.54, 1.807) is 6.07 Å². The highest BCUT2D eigenvalue weighted by molar-refractivity contribution is 5.97. The van der Waals surface area contributed by atoms with Crippen LogP contribution in [0.15, 0.2) is 36.4 Å². The first kappa shape index (κ1) is 28.2. The number of anilines is 1. The van der Waals surface area contributed by atoms with Gasteiger partial charge in [0.1, 0.15) is 0 Å². The predicted octanol–water partition coefficient (Wildman–Crippen LogP) is 4.69. The number of amides is 1. The molecule has 0 unspecified atom stereocenters. The number of ether oxygens (including phenoxy) is 1. The van der Waals surface area contributed by atoms with Crippen molar-refractivity contribution in [3.8, 4) is 5.75 Å². The first-order valence-electron chi connectivity index (χ1n) is 12.1. The Kier molecular flexibility index (Phi) is 9.73. The first-order chi connectivity index (χ1) is 17.6. The van der Waals surface area contributed by atoms with Gasteiger partial charge in [-0.25, -0.2) is 9.18 Å². The van der Waals surface area contributed by atoms with Crippen LogP contribution in [0.25, 0.3) is 0 Å². The number of carboxylic acid groups (broad SMARTS) is 1. The molecule has 4 N–H and O–H groups in total. The lowest BCUT2D eigenvalue weighted by molar-refractivity contribution is -0.192. The minimum absolute atomic E-state index is 0.00887. The zero-order valence-electron chi connectivity index (χ0n) is 20.5. The Morgan fingerprint density at radius 2 is 1.76 bits per heavy atom. The zero-order chi connectivity index (χ0) is 27.0. The summed E-state index contributed by atoms with van der Waals surface area (Å²) in [7, 11) is 1.45. The Morgan fingerprint density at radius 1 is 1.08 bits per heavy atom. The molecule has 37 heavy (non-hydrogen) atoms. The molecule has 1 saturated heterocycles. The average molecular weight is 526 g/mol. The SMILES string of the molecule is COc1ccc(CNc2ccc(C3CCNCC3)c(C(=O)NCC3CC3)c2)cc1F.O=C(O)C(F)(F)F. The number of piperidine rings is 1. The van der Waals surface area contributed by atoms with E-state index in [4.69, 9.17) is 14.6 Å². The molecule has 2 aliphatic rings. The molecule has 0 aromatic heterocycles. The Morgan fingerprint density at radius 3 is 2.32 bits per heavy atom. The zero-order valence-corrected chi connectivity index (χ0v) is 20.5. The lowest BCUT2D eigenvalue weighted by Gasteiger charge is -2.25. The van der Waals surface area contributed by atoms with Crippen molar-refractivity contribution in [1.82, 2.24) is 10.6 Å². The minimum atomic E-state index is -5.08. The summed E-state index contributed by atoms with van der Waals surface area (Å²) in [6.45, 7) is 3.19. The molecule has 2 aromatic carbocycles. The quantitative estimate of drug-likeness (QED) is 0.374. The van der Waals surface area contributed by atoms with Crippen molar-refractivity contribution < 1.29 is 37.0 Å². The topological polar surface area (TPSA) is 99.7 Å². The number of methoxy groups -OCH3 is 1. The first-order valence-corrected chi connectivity index (χ1v) is 12.1. The fourth-order valence-electron chi connectivity index (χ4n) is 4.03. The Labute approximate surface area is 212 Å². The lowest BCUT2D eigenvalue weighted by atomic mass is 9.86. The van der Waals surface area contributed by atoms with Gasteiger partial charge in [-0.2, -0.15) is 13.2 Å². The van der Waals surface area contributed by atoms with E-state index in [9.17, 15) is 22.4 Å². The molecule has 1 heterocycles. The Bertz CT molecular complexity index is 1080. The molecular formula is C26H31F4N3O4. The standard InChI is InChI=1S/C24H30FN3O2.C2HF3O2/c1-30-23-7-4-17(12-22(23)25)15-27-19-5-6-20(18-8-10-26-11-9-18)21(13-19)24(29)28-14-16-2-3-16;3-2(4,5)1(6)7/h4-7,12-13,16,18,26-27H,2-3,8-11,14-15H2,1H3,(H,28,29);(H,6,7). The Balaban J connectivity index is 0.000000479. The van der Waals surface area contributed by atoms with Gasteiger partial charge in [0.15, 0.2) is 11.6 Å². The molecule has 2 aromatic rings. The van der Waals surface area contributed by atoms with Crippen molar-refractivity contribution in [3.63, 3.8) is 0 Å². The van der Waals surface area contributed by atoms with Gasteiger partial charge >= 0.3 is 12.1 Å². The second kappa shape index (κ2) is 12.8. The van der Waals surface area contributed by atoms with Crippen LogP contribution in [0.1, 0.15) is 53.1 Å². The summed E-state index contributed by atoms with van der Waals surface area (Å²) < 4.78 is 50.7. The highest BCUT2D eigenvalue weighted by Gasteiger charge is 2.38. The van der Waals surface area contributed by atoms with Crippen LogP contribution >= 0.6 is 0 Å². The minimum Gasteiger partial charge on any atom is -0.494 e. The summed E-state index contributed by atoms with van der Waals surface area (Å²) in [6.07, 6.45) is -0.579. The van der Waals surface area contributed by atoms with Crippen molar-refractivity contribution >= 4 is 17.6 Å². The van der Waals surface area contributed by atoms with Gasteiger partial charge < -0.3 is 25.8 Å². The number of nitrogens with one attached hydrogen (secondary N) is 3. The van der Waals surface area contributed by atoms with Gasteiger partial charge in [-0.1, -0.05) is 12.1 Å². The van der Waals surface area contributed by atoms with E-state index in [0.29, 0.717) is 18.4 Å². The average Bonchev–Trinajstić information content (AvgIpc) is 3.71. The van der Waals surface area contributed by atoms with Crippen LogP contribution in [0.2, 0.25) is 0 Å². The number of hydrogen-bond donors (Lipinski definition) is 4. The van der Waals surface area contributed by atoms with Gasteiger partial charge in [0.2, 0.25) is 0 Å². The van der Waals surface area contributed by atoms with Crippen molar-refractivity contribution in [2.24, 2.45) is 5.92 Å². The third kappa shape index (κ3) is 8.63. The molecule has 0 atom stereocenters. The fourth-order valence-corrected chi connectivity index (χ4v) is 4.03. The van der Waals surface area contributed by atoms with Crippen LogP contribution < -0.4 is 20.7 Å². The molecule has 0 radical (unpaired) electrons. The van der Waals surface area contributed by atoms with E-state index < -0.39 is 12.1 Å². The van der Waals surface area contributed by atoms with E-state index in [0.717, 1.165) is 54.9 Å². The van der Waals surface area contributed by atoms with Gasteiger partial charge in [-0.05, 0) is 86.0 Å².